The van der Waals surface area contributed by atoms with E-state index < -0.39 is 14.0 Å². The largest absolute Gasteiger partial charge is 0.456 e. The minimum Gasteiger partial charge on any atom is -0.456 e. The summed E-state index contributed by atoms with van der Waals surface area (Å²) in [6.45, 7) is 13.1. The number of hydrogen-bond acceptors (Lipinski definition) is 3. The average Bonchev–Trinajstić information content (AvgIpc) is 2.82. The average molecular weight is 342 g/mol. The predicted octanol–water partition coefficient (Wildman–Crippen LogP) is 5.74. The van der Waals surface area contributed by atoms with Gasteiger partial charge in [-0.15, -0.1) is 0 Å². The van der Waals surface area contributed by atoms with Crippen LogP contribution >= 0.6 is 0 Å². The predicted molar refractivity (Wildman–Crippen MR) is 104 cm³/mol. The quantitative estimate of drug-likeness (QED) is 0.488. The minimum absolute atomic E-state index is 0.111. The standard InChI is InChI=1S/C20H27NO2Si/c1-19(2,3)24(5,6)23-20(4,21)14-11-12-18-16(13-14)15-9-7-8-10-17(15)22-18/h7-13H,21H2,1-6H3. The molecule has 0 radical (unpaired) electrons. The number of hydrogen-bond donors (Lipinski definition) is 1. The van der Waals surface area contributed by atoms with E-state index in [1.54, 1.807) is 0 Å². The van der Waals surface area contributed by atoms with Crippen molar-refractivity contribution in [2.75, 3.05) is 0 Å². The first kappa shape index (κ1) is 17.2. The zero-order valence-electron chi connectivity index (χ0n) is 15.4. The maximum Gasteiger partial charge on any atom is 0.194 e. The molecule has 4 heteroatoms. The molecule has 2 aromatic carbocycles. The monoisotopic (exact) mass is 341 g/mol. The maximum absolute atomic E-state index is 6.61. The van der Waals surface area contributed by atoms with Crippen LogP contribution in [0.4, 0.5) is 0 Å². The van der Waals surface area contributed by atoms with Crippen molar-refractivity contribution < 1.29 is 8.84 Å². The zero-order valence-corrected chi connectivity index (χ0v) is 16.4. The second kappa shape index (κ2) is 5.44. The van der Waals surface area contributed by atoms with Gasteiger partial charge in [0.15, 0.2) is 8.32 Å². The van der Waals surface area contributed by atoms with Crippen LogP contribution in [0.25, 0.3) is 21.9 Å². The fourth-order valence-electron chi connectivity index (χ4n) is 2.78. The van der Waals surface area contributed by atoms with Crippen LogP contribution in [-0.4, -0.2) is 8.32 Å². The van der Waals surface area contributed by atoms with E-state index in [1.165, 1.54) is 0 Å². The Morgan fingerprint density at radius 1 is 0.917 bits per heavy atom. The summed E-state index contributed by atoms with van der Waals surface area (Å²) in [6, 6.07) is 14.2. The van der Waals surface area contributed by atoms with Gasteiger partial charge in [0.1, 0.15) is 16.9 Å². The fourth-order valence-corrected chi connectivity index (χ4v) is 4.26. The Balaban J connectivity index is 2.06. The van der Waals surface area contributed by atoms with Crippen molar-refractivity contribution in [1.82, 2.24) is 0 Å². The Bertz CT molecular complexity index is 887. The van der Waals surface area contributed by atoms with Crippen LogP contribution < -0.4 is 5.73 Å². The molecule has 3 nitrogen and oxygen atoms in total. The summed E-state index contributed by atoms with van der Waals surface area (Å²) in [5, 5.41) is 2.30. The lowest BCUT2D eigenvalue weighted by molar-refractivity contribution is 0.0770. The smallest absolute Gasteiger partial charge is 0.194 e. The molecule has 3 rings (SSSR count). The Labute approximate surface area is 144 Å². The first-order chi connectivity index (χ1) is 11.0. The number of fused-ring (bicyclic) bond motifs is 3. The molecule has 0 aliphatic carbocycles. The SMILES string of the molecule is CC(N)(O[Si](C)(C)C(C)(C)C)c1ccc2oc3ccccc3c2c1. The van der Waals surface area contributed by atoms with Gasteiger partial charge in [0.05, 0.1) is 0 Å². The summed E-state index contributed by atoms with van der Waals surface area (Å²) in [5.74, 6) is 0. The highest BCUT2D eigenvalue weighted by molar-refractivity contribution is 6.74. The van der Waals surface area contributed by atoms with Gasteiger partial charge in [0, 0.05) is 10.8 Å². The highest BCUT2D eigenvalue weighted by Crippen LogP contribution is 2.41. The van der Waals surface area contributed by atoms with Crippen LogP contribution in [0.2, 0.25) is 18.1 Å². The Hall–Kier alpha value is -1.62. The van der Waals surface area contributed by atoms with Crippen molar-refractivity contribution in [3.63, 3.8) is 0 Å². The first-order valence-corrected chi connectivity index (χ1v) is 11.3. The van der Waals surface area contributed by atoms with Gasteiger partial charge in [0.2, 0.25) is 0 Å². The molecule has 1 heterocycles. The van der Waals surface area contributed by atoms with Crippen molar-refractivity contribution in [2.45, 2.75) is 51.6 Å². The molecule has 3 aromatic rings. The van der Waals surface area contributed by atoms with E-state index in [0.717, 1.165) is 27.5 Å². The van der Waals surface area contributed by atoms with Crippen molar-refractivity contribution in [1.29, 1.82) is 0 Å². The highest BCUT2D eigenvalue weighted by atomic mass is 28.4. The molecule has 2 N–H and O–H groups in total. The van der Waals surface area contributed by atoms with Crippen LogP contribution in [-0.2, 0) is 10.2 Å². The first-order valence-electron chi connectivity index (χ1n) is 8.42. The summed E-state index contributed by atoms with van der Waals surface area (Å²) in [6.07, 6.45) is 0. The second-order valence-corrected chi connectivity index (χ2v) is 13.0. The summed E-state index contributed by atoms with van der Waals surface area (Å²) in [5.41, 5.74) is 8.54. The molecule has 0 spiro atoms. The van der Waals surface area contributed by atoms with E-state index in [4.69, 9.17) is 14.6 Å². The lowest BCUT2D eigenvalue weighted by Gasteiger charge is -2.42. The number of para-hydroxylation sites is 1. The van der Waals surface area contributed by atoms with Crippen LogP contribution in [0.15, 0.2) is 46.9 Å². The topological polar surface area (TPSA) is 48.4 Å². The molecule has 0 aliphatic heterocycles. The summed E-state index contributed by atoms with van der Waals surface area (Å²) in [7, 11) is -1.98. The van der Waals surface area contributed by atoms with Gasteiger partial charge < -0.3 is 14.6 Å². The van der Waals surface area contributed by atoms with E-state index in [1.807, 2.05) is 37.3 Å². The zero-order chi connectivity index (χ0) is 17.8. The van der Waals surface area contributed by atoms with E-state index >= 15 is 0 Å². The molecule has 0 saturated carbocycles. The molecular formula is C20H27NO2Si. The van der Waals surface area contributed by atoms with E-state index in [-0.39, 0.29) is 5.04 Å². The van der Waals surface area contributed by atoms with Crippen LogP contribution in [0.1, 0.15) is 33.3 Å². The third-order valence-electron chi connectivity index (χ3n) is 5.22. The fraction of sp³-hybridized carbons (Fsp3) is 0.400. The van der Waals surface area contributed by atoms with Crippen LogP contribution in [0, 0.1) is 0 Å². The molecular weight excluding hydrogens is 314 g/mol. The van der Waals surface area contributed by atoms with E-state index in [9.17, 15) is 0 Å². The summed E-state index contributed by atoms with van der Waals surface area (Å²) >= 11 is 0. The molecule has 0 aliphatic rings. The van der Waals surface area contributed by atoms with Crippen molar-refractivity contribution in [3.8, 4) is 0 Å². The van der Waals surface area contributed by atoms with Crippen molar-refractivity contribution in [2.24, 2.45) is 5.73 Å². The number of rotatable bonds is 3. The molecule has 128 valence electrons. The molecule has 0 fully saturated rings. The van der Waals surface area contributed by atoms with E-state index in [0.29, 0.717) is 0 Å². The molecule has 24 heavy (non-hydrogen) atoms. The molecule has 0 bridgehead atoms. The maximum atomic E-state index is 6.61. The lowest BCUT2D eigenvalue weighted by Crippen LogP contribution is -2.51. The van der Waals surface area contributed by atoms with Gasteiger partial charge >= 0.3 is 0 Å². The number of benzene rings is 2. The van der Waals surface area contributed by atoms with Gasteiger partial charge in [-0.05, 0) is 48.8 Å². The number of nitrogens with two attached hydrogens (primary N) is 1. The van der Waals surface area contributed by atoms with Crippen LogP contribution in [0.5, 0.6) is 0 Å². The molecule has 1 atom stereocenters. The number of furan rings is 1. The lowest BCUT2D eigenvalue weighted by atomic mass is 10.0. The van der Waals surface area contributed by atoms with Gasteiger partial charge in [-0.1, -0.05) is 45.0 Å². The summed E-state index contributed by atoms with van der Waals surface area (Å²) in [4.78, 5) is 0. The minimum atomic E-state index is -1.98. The second-order valence-electron chi connectivity index (χ2n) is 8.28. The Morgan fingerprint density at radius 2 is 1.54 bits per heavy atom. The van der Waals surface area contributed by atoms with Crippen LogP contribution in [0.3, 0.4) is 0 Å². The Morgan fingerprint density at radius 3 is 2.21 bits per heavy atom. The molecule has 0 amide bonds. The van der Waals surface area contributed by atoms with Gasteiger partial charge in [0.25, 0.3) is 0 Å². The van der Waals surface area contributed by atoms with Gasteiger partial charge in [-0.25, -0.2) is 0 Å². The normalized spacial score (nSPS) is 15.8. The van der Waals surface area contributed by atoms with E-state index in [2.05, 4.69) is 46.0 Å². The molecule has 0 saturated heterocycles. The van der Waals surface area contributed by atoms with Crippen molar-refractivity contribution in [3.05, 3.63) is 48.0 Å². The molecule has 1 aromatic heterocycles. The Kier molecular flexibility index (Phi) is 3.90. The summed E-state index contributed by atoms with van der Waals surface area (Å²) < 4.78 is 12.4. The van der Waals surface area contributed by atoms with Gasteiger partial charge in [-0.2, -0.15) is 0 Å². The third-order valence-corrected chi connectivity index (χ3v) is 9.77. The molecule has 1 unspecified atom stereocenters. The highest BCUT2D eigenvalue weighted by Gasteiger charge is 2.42. The third kappa shape index (κ3) is 2.90. The van der Waals surface area contributed by atoms with Crippen molar-refractivity contribution >= 4 is 30.3 Å². The van der Waals surface area contributed by atoms with Gasteiger partial charge in [-0.3, -0.25) is 0 Å².